The van der Waals surface area contributed by atoms with Crippen molar-refractivity contribution in [3.8, 4) is 0 Å². The van der Waals surface area contributed by atoms with Gasteiger partial charge in [-0.25, -0.2) is 26.9 Å². The third-order valence-corrected chi connectivity index (χ3v) is 15.5. The van der Waals surface area contributed by atoms with Gasteiger partial charge in [0.1, 0.15) is 11.9 Å². The van der Waals surface area contributed by atoms with Gasteiger partial charge in [-0.05, 0) is 57.2 Å². The van der Waals surface area contributed by atoms with Gasteiger partial charge in [-0.3, -0.25) is 9.79 Å². The van der Waals surface area contributed by atoms with Crippen LogP contribution in [-0.2, 0) is 24.3 Å². The number of nitrogens with one attached hydrogen (secondary N) is 1. The van der Waals surface area contributed by atoms with E-state index in [1.165, 1.54) is 33.8 Å². The van der Waals surface area contributed by atoms with Gasteiger partial charge in [0.05, 0.1) is 30.0 Å². The van der Waals surface area contributed by atoms with E-state index in [-0.39, 0.29) is 49.1 Å². The molecule has 244 valence electrons. The van der Waals surface area contributed by atoms with Crippen LogP contribution in [0, 0.1) is 17.2 Å². The second-order valence-electron chi connectivity index (χ2n) is 13.4. The first kappa shape index (κ1) is 33.9. The van der Waals surface area contributed by atoms with E-state index in [1.807, 2.05) is 6.92 Å². The zero-order valence-corrected chi connectivity index (χ0v) is 30.1. The second kappa shape index (κ2) is 12.6. The topological polar surface area (TPSA) is 138 Å². The lowest BCUT2D eigenvalue weighted by Crippen LogP contribution is -2.55. The molecule has 2 fully saturated rings. The summed E-state index contributed by atoms with van der Waals surface area (Å²) in [5.74, 6) is -1.85. The van der Waals surface area contributed by atoms with Gasteiger partial charge in [0, 0.05) is 40.8 Å². The summed E-state index contributed by atoms with van der Waals surface area (Å²) in [5, 5.41) is 15.3. The molecule has 1 aliphatic carbocycles. The first-order valence-corrected chi connectivity index (χ1v) is 21.6. The van der Waals surface area contributed by atoms with Crippen LogP contribution in [0.25, 0.3) is 0 Å². The second-order valence-corrected chi connectivity index (χ2v) is 22.9. The lowest BCUT2D eigenvalue weighted by Gasteiger charge is -2.45. The average molecular weight is 742 g/mol. The SMILES string of the molecule is CC(OC(=O)C1(C)CC(S(=O)(=O)N2CCC(C3=C(C(=O)O)C(c4ccc(F)cc4Br)N=C(c4nccs4)N3)CC2)C1)[Si](C)(C)C. The number of carboxylic acids is 1. The summed E-state index contributed by atoms with van der Waals surface area (Å²) in [4.78, 5) is 34.7. The maximum atomic E-state index is 13.9. The van der Waals surface area contributed by atoms with Crippen LogP contribution in [0.15, 0.2) is 50.5 Å². The van der Waals surface area contributed by atoms with Crippen molar-refractivity contribution in [2.45, 2.75) is 76.2 Å². The van der Waals surface area contributed by atoms with E-state index < -0.39 is 46.6 Å². The number of nitrogens with zero attached hydrogens (tertiary/aromatic N) is 3. The molecule has 0 amide bonds. The standard InChI is InChI=1S/C30H38BrFN4O6S2Si/c1-17(45(3,4)5)42-29(39)30(2)15-20(16-30)44(40,41)36-11-8-18(9-12-36)24-23(28(37)38)25(21-7-6-19(32)14-22(21)31)35-26(34-24)27-33-10-13-43-27/h6-7,10,13-14,17-18,20,25H,8-9,11-12,15-16H2,1-5H3,(H,34,35)(H,37,38). The largest absolute Gasteiger partial charge is 0.478 e. The highest BCUT2D eigenvalue weighted by Gasteiger charge is 2.54. The van der Waals surface area contributed by atoms with Gasteiger partial charge in [-0.2, -0.15) is 0 Å². The van der Waals surface area contributed by atoms with Gasteiger partial charge in [0.15, 0.2) is 10.8 Å². The Morgan fingerprint density at radius 3 is 2.47 bits per heavy atom. The summed E-state index contributed by atoms with van der Waals surface area (Å²) >= 11 is 4.73. The van der Waals surface area contributed by atoms with Crippen LogP contribution in [-0.4, -0.2) is 72.7 Å². The number of benzene rings is 1. The maximum Gasteiger partial charge on any atom is 0.335 e. The molecular formula is C30H38BrFN4O6S2Si. The molecule has 2 N–H and O–H groups in total. The zero-order valence-electron chi connectivity index (χ0n) is 25.8. The molecule has 0 radical (unpaired) electrons. The molecule has 0 spiro atoms. The van der Waals surface area contributed by atoms with E-state index >= 15 is 0 Å². The molecule has 1 aromatic heterocycles. The Morgan fingerprint density at radius 2 is 1.91 bits per heavy atom. The van der Waals surface area contributed by atoms with Crippen molar-refractivity contribution in [1.82, 2.24) is 14.6 Å². The minimum Gasteiger partial charge on any atom is -0.478 e. The Balaban J connectivity index is 1.33. The minimum atomic E-state index is -3.67. The fourth-order valence-corrected chi connectivity index (χ4v) is 9.85. The Labute approximate surface area is 276 Å². The van der Waals surface area contributed by atoms with Crippen LogP contribution < -0.4 is 5.32 Å². The number of rotatable bonds is 9. The monoisotopic (exact) mass is 740 g/mol. The van der Waals surface area contributed by atoms with E-state index in [2.05, 4.69) is 45.9 Å². The molecular weight excluding hydrogens is 703 g/mol. The highest BCUT2D eigenvalue weighted by Crippen LogP contribution is 2.47. The van der Waals surface area contributed by atoms with E-state index in [4.69, 9.17) is 9.73 Å². The lowest BCUT2D eigenvalue weighted by atomic mass is 9.70. The number of hydrogen-bond donors (Lipinski definition) is 2. The van der Waals surface area contributed by atoms with E-state index in [0.717, 1.165) is 0 Å². The van der Waals surface area contributed by atoms with Gasteiger partial charge in [-0.1, -0.05) is 41.6 Å². The predicted octanol–water partition coefficient (Wildman–Crippen LogP) is 5.49. The number of ether oxygens (including phenoxy) is 1. The summed E-state index contributed by atoms with van der Waals surface area (Å²) in [6.45, 7) is 10.5. The Bertz CT molecular complexity index is 1650. The molecule has 1 saturated heterocycles. The fraction of sp³-hybridized carbons (Fsp3) is 0.533. The number of allylic oxidation sites excluding steroid dienone is 1. The molecule has 1 saturated carbocycles. The Hall–Kier alpha value is -2.46. The van der Waals surface area contributed by atoms with E-state index in [1.54, 1.807) is 18.5 Å². The molecule has 0 bridgehead atoms. The summed E-state index contributed by atoms with van der Waals surface area (Å²) < 4.78 is 48.8. The maximum absolute atomic E-state index is 13.9. The number of esters is 1. The molecule has 2 atom stereocenters. The van der Waals surface area contributed by atoms with Crippen LogP contribution in [0.1, 0.15) is 56.1 Å². The highest BCUT2D eigenvalue weighted by atomic mass is 79.9. The molecule has 1 aromatic carbocycles. The summed E-state index contributed by atoms with van der Waals surface area (Å²) in [6, 6.07) is 3.12. The molecule has 2 unspecified atom stereocenters. The van der Waals surface area contributed by atoms with Crippen LogP contribution >= 0.6 is 27.3 Å². The van der Waals surface area contributed by atoms with Crippen molar-refractivity contribution in [3.05, 3.63) is 61.9 Å². The number of thiazole rings is 1. The third-order valence-electron chi connectivity index (χ3n) is 9.19. The van der Waals surface area contributed by atoms with Gasteiger partial charge in [0.2, 0.25) is 10.0 Å². The number of sulfonamides is 1. The summed E-state index contributed by atoms with van der Waals surface area (Å²) in [6.07, 6.45) is 2.83. The average Bonchev–Trinajstić information content (AvgIpc) is 3.49. The molecule has 2 aromatic rings. The number of carbonyl (C=O) groups is 2. The van der Waals surface area contributed by atoms with Gasteiger partial charge >= 0.3 is 11.9 Å². The van der Waals surface area contributed by atoms with Crippen LogP contribution in [0.3, 0.4) is 0 Å². The van der Waals surface area contributed by atoms with Crippen molar-refractivity contribution in [3.63, 3.8) is 0 Å². The van der Waals surface area contributed by atoms with Crippen molar-refractivity contribution in [2.75, 3.05) is 13.1 Å². The quantitative estimate of drug-likeness (QED) is 0.254. The van der Waals surface area contributed by atoms with Gasteiger partial charge in [-0.15, -0.1) is 11.3 Å². The van der Waals surface area contributed by atoms with E-state index in [0.29, 0.717) is 39.4 Å². The number of amidine groups is 1. The van der Waals surface area contributed by atoms with Crippen molar-refractivity contribution in [2.24, 2.45) is 16.3 Å². The number of halogens is 2. The number of piperidine rings is 1. The summed E-state index contributed by atoms with van der Waals surface area (Å²) in [7, 11) is -5.37. The minimum absolute atomic E-state index is 0.0322. The van der Waals surface area contributed by atoms with Gasteiger partial charge in [0.25, 0.3) is 0 Å². The first-order chi connectivity index (χ1) is 21.0. The summed E-state index contributed by atoms with van der Waals surface area (Å²) in [5.41, 5.74) is -0.0134. The smallest absolute Gasteiger partial charge is 0.335 e. The van der Waals surface area contributed by atoms with Crippen molar-refractivity contribution in [1.29, 1.82) is 0 Å². The number of aliphatic carboxylic acids is 1. The van der Waals surface area contributed by atoms with Crippen LogP contribution in [0.5, 0.6) is 0 Å². The van der Waals surface area contributed by atoms with Crippen molar-refractivity contribution < 1.29 is 32.2 Å². The number of carbonyl (C=O) groups excluding carboxylic acids is 1. The van der Waals surface area contributed by atoms with Crippen molar-refractivity contribution >= 4 is 63.1 Å². The number of hydrogen-bond acceptors (Lipinski definition) is 9. The molecule has 10 nitrogen and oxygen atoms in total. The Morgan fingerprint density at radius 1 is 1.24 bits per heavy atom. The molecule has 2 aliphatic heterocycles. The normalized spacial score (nSPS) is 25.6. The van der Waals surface area contributed by atoms with Crippen LogP contribution in [0.2, 0.25) is 19.6 Å². The molecule has 3 aliphatic rings. The first-order valence-electron chi connectivity index (χ1n) is 14.9. The Kier molecular flexibility index (Phi) is 9.50. The third kappa shape index (κ3) is 6.82. The number of carboxylic acid groups (broad SMARTS) is 1. The fourth-order valence-electron chi connectivity index (χ4n) is 5.93. The molecule has 3 heterocycles. The zero-order chi connectivity index (χ0) is 32.9. The molecule has 45 heavy (non-hydrogen) atoms. The van der Waals surface area contributed by atoms with Gasteiger partial charge < -0.3 is 15.2 Å². The predicted molar refractivity (Wildman–Crippen MR) is 177 cm³/mol. The molecule has 5 rings (SSSR count). The lowest BCUT2D eigenvalue weighted by molar-refractivity contribution is -0.161. The highest BCUT2D eigenvalue weighted by molar-refractivity contribution is 9.10. The van der Waals surface area contributed by atoms with Crippen LogP contribution in [0.4, 0.5) is 4.39 Å². The number of aromatic nitrogens is 1. The number of aliphatic imine (C=N–C) groups is 1. The van der Waals surface area contributed by atoms with E-state index in [9.17, 15) is 27.5 Å². The molecule has 15 heteroatoms.